The Kier molecular flexibility index (Phi) is 5.55. The van der Waals surface area contributed by atoms with Gasteiger partial charge >= 0.3 is 6.18 Å². The Morgan fingerprint density at radius 1 is 1.18 bits per heavy atom. The summed E-state index contributed by atoms with van der Waals surface area (Å²) in [5, 5.41) is 17.9. The highest BCUT2D eigenvalue weighted by atomic mass is 19.4. The molecule has 34 heavy (non-hydrogen) atoms. The van der Waals surface area contributed by atoms with Crippen molar-refractivity contribution in [1.82, 2.24) is 24.5 Å². The smallest absolute Gasteiger partial charge is 0.408 e. The standard InChI is InChI=1S/C23H20F3N7O/c24-23(25,26)21(32-10-8-16(28)13-32)15-5-7-19-30-31-22(33(19)12-15)17-6-4-14-2-1-3-18(20(14)29-17)34-11-9-27/h1-7,12,16,21H,8,10-11,13,28H2/t16-,21+/m0/s1. The van der Waals surface area contributed by atoms with Crippen LogP contribution in [-0.4, -0.2) is 56.4 Å². The van der Waals surface area contributed by atoms with Gasteiger partial charge in [-0.15, -0.1) is 10.2 Å². The number of hydrogen-bond donors (Lipinski definition) is 1. The predicted octanol–water partition coefficient (Wildman–Crippen LogP) is 3.48. The van der Waals surface area contributed by atoms with Gasteiger partial charge in [-0.2, -0.15) is 18.4 Å². The molecule has 11 heteroatoms. The van der Waals surface area contributed by atoms with Gasteiger partial charge in [0.15, 0.2) is 18.1 Å². The highest BCUT2D eigenvalue weighted by Gasteiger charge is 2.46. The fourth-order valence-electron chi connectivity index (χ4n) is 4.37. The molecule has 4 aromatic rings. The van der Waals surface area contributed by atoms with E-state index in [2.05, 4.69) is 15.2 Å². The molecule has 4 heterocycles. The Hall–Kier alpha value is -3.75. The minimum atomic E-state index is -4.47. The number of likely N-dealkylation sites (tertiary alicyclic amines) is 1. The first kappa shape index (κ1) is 22.1. The summed E-state index contributed by atoms with van der Waals surface area (Å²) in [5.74, 6) is 0.728. The fraction of sp³-hybridized carbons (Fsp3) is 0.304. The Morgan fingerprint density at radius 3 is 2.76 bits per heavy atom. The summed E-state index contributed by atoms with van der Waals surface area (Å²) in [5.41, 5.74) is 7.28. The van der Waals surface area contributed by atoms with Crippen LogP contribution in [0.15, 0.2) is 48.7 Å². The van der Waals surface area contributed by atoms with Gasteiger partial charge in [0.1, 0.15) is 29.1 Å². The number of pyridine rings is 2. The topological polar surface area (TPSA) is 105 Å². The molecular weight excluding hydrogens is 447 g/mol. The first-order valence-electron chi connectivity index (χ1n) is 10.7. The van der Waals surface area contributed by atoms with Gasteiger partial charge in [0.25, 0.3) is 0 Å². The normalized spacial score (nSPS) is 17.8. The molecule has 1 aliphatic heterocycles. The van der Waals surface area contributed by atoms with Crippen molar-refractivity contribution in [3.8, 4) is 23.3 Å². The molecule has 1 fully saturated rings. The highest BCUT2D eigenvalue weighted by Crippen LogP contribution is 2.39. The van der Waals surface area contributed by atoms with Crippen molar-refractivity contribution in [3.63, 3.8) is 0 Å². The maximum atomic E-state index is 14.1. The zero-order valence-electron chi connectivity index (χ0n) is 17.9. The number of nitrogens with zero attached hydrogens (tertiary/aromatic N) is 6. The lowest BCUT2D eigenvalue weighted by molar-refractivity contribution is -0.183. The van der Waals surface area contributed by atoms with Crippen molar-refractivity contribution in [3.05, 3.63) is 54.2 Å². The number of rotatable bonds is 5. The van der Waals surface area contributed by atoms with Crippen LogP contribution in [0.5, 0.6) is 5.75 Å². The molecular formula is C23H20F3N7O. The minimum absolute atomic E-state index is 0.0778. The maximum Gasteiger partial charge on any atom is 0.408 e. The van der Waals surface area contributed by atoms with E-state index >= 15 is 0 Å². The van der Waals surface area contributed by atoms with E-state index in [0.29, 0.717) is 34.9 Å². The van der Waals surface area contributed by atoms with Crippen LogP contribution in [0, 0.1) is 11.3 Å². The number of aromatic nitrogens is 4. The third-order valence-corrected chi connectivity index (χ3v) is 5.88. The van der Waals surface area contributed by atoms with E-state index in [1.807, 2.05) is 18.2 Å². The first-order valence-corrected chi connectivity index (χ1v) is 10.7. The monoisotopic (exact) mass is 467 g/mol. The van der Waals surface area contributed by atoms with Crippen LogP contribution in [0.4, 0.5) is 13.2 Å². The first-order chi connectivity index (χ1) is 16.3. The van der Waals surface area contributed by atoms with E-state index in [9.17, 15) is 13.2 Å². The van der Waals surface area contributed by atoms with E-state index in [1.165, 1.54) is 27.6 Å². The number of halogens is 3. The van der Waals surface area contributed by atoms with Crippen LogP contribution in [0.1, 0.15) is 18.0 Å². The van der Waals surface area contributed by atoms with Crippen molar-refractivity contribution in [2.75, 3.05) is 19.7 Å². The van der Waals surface area contributed by atoms with Gasteiger partial charge in [0, 0.05) is 30.7 Å². The Balaban J connectivity index is 1.60. The van der Waals surface area contributed by atoms with Gasteiger partial charge in [-0.1, -0.05) is 24.3 Å². The predicted molar refractivity (Wildman–Crippen MR) is 118 cm³/mol. The van der Waals surface area contributed by atoms with Crippen LogP contribution >= 0.6 is 0 Å². The summed E-state index contributed by atoms with van der Waals surface area (Å²) in [7, 11) is 0. The highest BCUT2D eigenvalue weighted by molar-refractivity contribution is 5.86. The maximum absolute atomic E-state index is 14.1. The molecule has 174 valence electrons. The molecule has 0 spiro atoms. The van der Waals surface area contributed by atoms with Gasteiger partial charge < -0.3 is 10.5 Å². The number of hydrogen-bond acceptors (Lipinski definition) is 7. The average Bonchev–Trinajstić information content (AvgIpc) is 3.42. The van der Waals surface area contributed by atoms with Crippen LogP contribution in [0.25, 0.3) is 28.1 Å². The molecule has 2 atom stereocenters. The molecule has 1 aromatic carbocycles. The Bertz CT molecular complexity index is 1400. The quantitative estimate of drug-likeness (QED) is 0.479. The second kappa shape index (κ2) is 8.55. The van der Waals surface area contributed by atoms with Gasteiger partial charge in [-0.3, -0.25) is 9.30 Å². The molecule has 2 N–H and O–H groups in total. The summed E-state index contributed by atoms with van der Waals surface area (Å²) in [6.07, 6.45) is -2.54. The van der Waals surface area contributed by atoms with Gasteiger partial charge in [0.05, 0.1) is 0 Å². The average molecular weight is 467 g/mol. The number of ether oxygens (including phenoxy) is 1. The van der Waals surface area contributed by atoms with Crippen LogP contribution in [0.3, 0.4) is 0 Å². The molecule has 5 rings (SSSR count). The van der Waals surface area contributed by atoms with Crippen LogP contribution in [0.2, 0.25) is 0 Å². The molecule has 0 aliphatic carbocycles. The van der Waals surface area contributed by atoms with Crippen molar-refractivity contribution in [2.45, 2.75) is 24.7 Å². The molecule has 0 radical (unpaired) electrons. The van der Waals surface area contributed by atoms with Gasteiger partial charge in [0.2, 0.25) is 0 Å². The zero-order valence-corrected chi connectivity index (χ0v) is 17.9. The lowest BCUT2D eigenvalue weighted by atomic mass is 10.1. The number of alkyl halides is 3. The fourth-order valence-corrected chi connectivity index (χ4v) is 4.37. The molecule has 3 aromatic heterocycles. The second-order valence-corrected chi connectivity index (χ2v) is 8.17. The second-order valence-electron chi connectivity index (χ2n) is 8.17. The summed E-state index contributed by atoms with van der Waals surface area (Å²) in [6.45, 7) is 0.312. The molecule has 8 nitrogen and oxygen atoms in total. The molecule has 1 saturated heterocycles. The van der Waals surface area contributed by atoms with E-state index in [0.717, 1.165) is 5.39 Å². The van der Waals surface area contributed by atoms with Crippen molar-refractivity contribution in [2.24, 2.45) is 5.73 Å². The summed E-state index contributed by atoms with van der Waals surface area (Å²) in [6, 6.07) is 11.7. The van der Waals surface area contributed by atoms with E-state index in [1.54, 1.807) is 18.2 Å². The number of fused-ring (bicyclic) bond motifs is 2. The zero-order chi connectivity index (χ0) is 23.9. The van der Waals surface area contributed by atoms with Crippen molar-refractivity contribution in [1.29, 1.82) is 5.26 Å². The minimum Gasteiger partial charge on any atom is -0.476 e. The Labute approximate surface area is 192 Å². The lowest BCUT2D eigenvalue weighted by Crippen LogP contribution is -2.38. The van der Waals surface area contributed by atoms with E-state index in [-0.39, 0.29) is 31.3 Å². The molecule has 1 aliphatic rings. The SMILES string of the molecule is N#CCOc1cccc2ccc(-c3nnc4ccc([C@@H](N5CC[C@H](N)C5)C(F)(F)F)cn34)nc12. The third-order valence-electron chi connectivity index (χ3n) is 5.88. The van der Waals surface area contributed by atoms with E-state index in [4.69, 9.17) is 15.7 Å². The van der Waals surface area contributed by atoms with Crippen molar-refractivity contribution >= 4 is 16.6 Å². The lowest BCUT2D eigenvalue weighted by Gasteiger charge is -2.30. The van der Waals surface area contributed by atoms with Gasteiger partial charge in [-0.05, 0) is 30.2 Å². The largest absolute Gasteiger partial charge is 0.476 e. The van der Waals surface area contributed by atoms with Crippen molar-refractivity contribution < 1.29 is 17.9 Å². The number of nitriles is 1. The number of nitrogens with two attached hydrogens (primary N) is 1. The number of benzene rings is 1. The summed E-state index contributed by atoms with van der Waals surface area (Å²) in [4.78, 5) is 5.99. The summed E-state index contributed by atoms with van der Waals surface area (Å²) >= 11 is 0. The molecule has 0 bridgehead atoms. The molecule has 0 saturated carbocycles. The number of para-hydroxylation sites is 1. The van der Waals surface area contributed by atoms with E-state index < -0.39 is 12.2 Å². The Morgan fingerprint density at radius 2 is 2.03 bits per heavy atom. The summed E-state index contributed by atoms with van der Waals surface area (Å²) < 4.78 is 49.2. The van der Waals surface area contributed by atoms with Crippen LogP contribution < -0.4 is 10.5 Å². The third kappa shape index (κ3) is 4.02. The molecule has 0 unspecified atom stereocenters. The van der Waals surface area contributed by atoms with Gasteiger partial charge in [-0.25, -0.2) is 4.98 Å². The molecule has 0 amide bonds. The van der Waals surface area contributed by atoms with Crippen LogP contribution in [-0.2, 0) is 0 Å².